The van der Waals surface area contributed by atoms with Crippen LogP contribution in [-0.2, 0) is 13.0 Å². The lowest BCUT2D eigenvalue weighted by molar-refractivity contribution is 0.460. The number of aromatic nitrogens is 1. The zero-order valence-electron chi connectivity index (χ0n) is 11.1. The van der Waals surface area contributed by atoms with E-state index in [0.717, 1.165) is 23.2 Å². The largest absolute Gasteiger partial charge is 0.437 e. The molecular formula is C15H17ClN2O. The number of pyridine rings is 1. The van der Waals surface area contributed by atoms with Gasteiger partial charge in [-0.2, -0.15) is 0 Å². The zero-order valence-corrected chi connectivity index (χ0v) is 11.9. The van der Waals surface area contributed by atoms with Crippen molar-refractivity contribution in [2.75, 3.05) is 0 Å². The third-order valence-electron chi connectivity index (χ3n) is 2.81. The first-order chi connectivity index (χ1) is 9.12. The van der Waals surface area contributed by atoms with Crippen molar-refractivity contribution < 1.29 is 4.74 Å². The average molecular weight is 277 g/mol. The quantitative estimate of drug-likeness (QED) is 0.922. The first-order valence-corrected chi connectivity index (χ1v) is 6.64. The fourth-order valence-corrected chi connectivity index (χ4v) is 2.05. The summed E-state index contributed by atoms with van der Waals surface area (Å²) in [5.41, 5.74) is 8.73. The number of nitrogens with zero attached hydrogens (tertiary/aromatic N) is 1. The number of benzene rings is 1. The predicted octanol–water partition coefficient (Wildman–Crippen LogP) is 3.86. The minimum absolute atomic E-state index is 0.466. The zero-order chi connectivity index (χ0) is 13.8. The van der Waals surface area contributed by atoms with Crippen LogP contribution in [0.1, 0.15) is 23.7 Å². The minimum Gasteiger partial charge on any atom is -0.437 e. The van der Waals surface area contributed by atoms with Gasteiger partial charge < -0.3 is 10.5 Å². The summed E-state index contributed by atoms with van der Waals surface area (Å²) < 4.78 is 5.75. The summed E-state index contributed by atoms with van der Waals surface area (Å²) in [7, 11) is 0. The molecule has 2 rings (SSSR count). The number of hydrogen-bond acceptors (Lipinski definition) is 3. The van der Waals surface area contributed by atoms with Crippen LogP contribution in [0.2, 0.25) is 5.02 Å². The minimum atomic E-state index is 0.466. The summed E-state index contributed by atoms with van der Waals surface area (Å²) in [5.74, 6) is 1.14. The third kappa shape index (κ3) is 3.46. The van der Waals surface area contributed by atoms with Crippen molar-refractivity contribution in [2.45, 2.75) is 26.8 Å². The molecule has 0 saturated heterocycles. The Morgan fingerprint density at radius 3 is 2.68 bits per heavy atom. The van der Waals surface area contributed by atoms with Crippen LogP contribution >= 0.6 is 11.6 Å². The van der Waals surface area contributed by atoms with Crippen molar-refractivity contribution in [1.29, 1.82) is 0 Å². The Labute approximate surface area is 118 Å². The highest BCUT2D eigenvalue weighted by atomic mass is 35.5. The van der Waals surface area contributed by atoms with Crippen LogP contribution in [0.15, 0.2) is 30.3 Å². The first-order valence-electron chi connectivity index (χ1n) is 6.26. The van der Waals surface area contributed by atoms with Crippen LogP contribution in [0.5, 0.6) is 11.6 Å². The lowest BCUT2D eigenvalue weighted by Gasteiger charge is -2.10. The standard InChI is InChI=1S/C15H17ClN2O/c1-3-12-7-11(9-17)8-15(18-12)19-14-5-4-10(2)6-13(14)16/h4-8H,3,9,17H2,1-2H3. The molecule has 0 bridgehead atoms. The van der Waals surface area contributed by atoms with Gasteiger partial charge in [-0.3, -0.25) is 0 Å². The van der Waals surface area contributed by atoms with Gasteiger partial charge in [-0.25, -0.2) is 4.98 Å². The Morgan fingerprint density at radius 1 is 1.26 bits per heavy atom. The van der Waals surface area contributed by atoms with E-state index in [4.69, 9.17) is 22.1 Å². The highest BCUT2D eigenvalue weighted by Crippen LogP contribution is 2.29. The van der Waals surface area contributed by atoms with Gasteiger partial charge in [0, 0.05) is 18.3 Å². The van der Waals surface area contributed by atoms with Crippen molar-refractivity contribution in [3.63, 3.8) is 0 Å². The van der Waals surface area contributed by atoms with E-state index < -0.39 is 0 Å². The second-order valence-corrected chi connectivity index (χ2v) is 4.81. The maximum Gasteiger partial charge on any atom is 0.219 e. The summed E-state index contributed by atoms with van der Waals surface area (Å²) in [4.78, 5) is 4.42. The summed E-state index contributed by atoms with van der Waals surface area (Å²) in [5, 5.41) is 0.581. The summed E-state index contributed by atoms with van der Waals surface area (Å²) in [6.07, 6.45) is 0.839. The second kappa shape index (κ2) is 6.04. The van der Waals surface area contributed by atoms with Gasteiger partial charge in [-0.05, 0) is 42.7 Å². The normalized spacial score (nSPS) is 10.5. The van der Waals surface area contributed by atoms with E-state index >= 15 is 0 Å². The van der Waals surface area contributed by atoms with E-state index in [1.165, 1.54) is 0 Å². The lowest BCUT2D eigenvalue weighted by Crippen LogP contribution is -2.01. The number of hydrogen-bond donors (Lipinski definition) is 1. The Hall–Kier alpha value is -1.58. The number of aryl methyl sites for hydroxylation is 2. The van der Waals surface area contributed by atoms with Crippen LogP contribution in [-0.4, -0.2) is 4.98 Å². The molecule has 3 nitrogen and oxygen atoms in total. The Morgan fingerprint density at radius 2 is 2.05 bits per heavy atom. The SMILES string of the molecule is CCc1cc(CN)cc(Oc2ccc(C)cc2Cl)n1. The Balaban J connectivity index is 2.31. The number of rotatable bonds is 4. The second-order valence-electron chi connectivity index (χ2n) is 4.40. The fraction of sp³-hybridized carbons (Fsp3) is 0.267. The number of nitrogens with two attached hydrogens (primary N) is 1. The molecule has 2 aromatic rings. The van der Waals surface area contributed by atoms with Crippen molar-refractivity contribution in [3.05, 3.63) is 52.2 Å². The van der Waals surface area contributed by atoms with Gasteiger partial charge in [0.25, 0.3) is 0 Å². The molecule has 0 saturated carbocycles. The highest BCUT2D eigenvalue weighted by Gasteiger charge is 2.06. The molecule has 1 heterocycles. The van der Waals surface area contributed by atoms with E-state index in [1.54, 1.807) is 0 Å². The van der Waals surface area contributed by atoms with Gasteiger partial charge in [-0.1, -0.05) is 24.6 Å². The van der Waals surface area contributed by atoms with Crippen LogP contribution in [0.3, 0.4) is 0 Å². The molecule has 100 valence electrons. The fourth-order valence-electron chi connectivity index (χ4n) is 1.77. The summed E-state index contributed by atoms with van der Waals surface area (Å²) >= 11 is 6.15. The van der Waals surface area contributed by atoms with Crippen molar-refractivity contribution in [2.24, 2.45) is 5.73 Å². The van der Waals surface area contributed by atoms with Gasteiger partial charge in [0.1, 0.15) is 5.75 Å². The molecule has 0 radical (unpaired) electrons. The monoisotopic (exact) mass is 276 g/mol. The molecule has 1 aromatic carbocycles. The maximum absolute atomic E-state index is 6.15. The number of halogens is 1. The molecular weight excluding hydrogens is 260 g/mol. The predicted molar refractivity (Wildman–Crippen MR) is 77.8 cm³/mol. The molecule has 4 heteroatoms. The molecule has 19 heavy (non-hydrogen) atoms. The molecule has 0 unspecified atom stereocenters. The van der Waals surface area contributed by atoms with Gasteiger partial charge in [-0.15, -0.1) is 0 Å². The molecule has 0 fully saturated rings. The van der Waals surface area contributed by atoms with Crippen LogP contribution in [0, 0.1) is 6.92 Å². The van der Waals surface area contributed by atoms with Crippen molar-refractivity contribution in [1.82, 2.24) is 4.98 Å². The van der Waals surface area contributed by atoms with E-state index in [1.807, 2.05) is 44.2 Å². The van der Waals surface area contributed by atoms with Gasteiger partial charge in [0.05, 0.1) is 5.02 Å². The average Bonchev–Trinajstić information content (AvgIpc) is 2.41. The molecule has 0 aliphatic rings. The van der Waals surface area contributed by atoms with Crippen LogP contribution in [0.4, 0.5) is 0 Å². The highest BCUT2D eigenvalue weighted by molar-refractivity contribution is 6.32. The molecule has 0 spiro atoms. The summed E-state index contributed by atoms with van der Waals surface area (Å²) in [6, 6.07) is 9.50. The van der Waals surface area contributed by atoms with Crippen LogP contribution < -0.4 is 10.5 Å². The van der Waals surface area contributed by atoms with E-state index in [0.29, 0.717) is 23.2 Å². The smallest absolute Gasteiger partial charge is 0.219 e. The maximum atomic E-state index is 6.15. The molecule has 1 aromatic heterocycles. The molecule has 0 atom stereocenters. The van der Waals surface area contributed by atoms with Crippen molar-refractivity contribution in [3.8, 4) is 11.6 Å². The van der Waals surface area contributed by atoms with Gasteiger partial charge in [0.2, 0.25) is 5.88 Å². The van der Waals surface area contributed by atoms with Gasteiger partial charge in [0.15, 0.2) is 0 Å². The van der Waals surface area contributed by atoms with E-state index in [2.05, 4.69) is 4.98 Å². The molecule has 0 aliphatic carbocycles. The molecule has 0 amide bonds. The Bertz CT molecular complexity index is 562. The Kier molecular flexibility index (Phi) is 4.40. The number of ether oxygens (including phenoxy) is 1. The van der Waals surface area contributed by atoms with E-state index in [-0.39, 0.29) is 0 Å². The van der Waals surface area contributed by atoms with E-state index in [9.17, 15) is 0 Å². The summed E-state index contributed by atoms with van der Waals surface area (Å²) in [6.45, 7) is 4.50. The van der Waals surface area contributed by atoms with Crippen molar-refractivity contribution >= 4 is 11.6 Å². The molecule has 0 aliphatic heterocycles. The molecule has 2 N–H and O–H groups in total. The van der Waals surface area contributed by atoms with Gasteiger partial charge >= 0.3 is 0 Å². The third-order valence-corrected chi connectivity index (χ3v) is 3.11. The topological polar surface area (TPSA) is 48.1 Å². The van der Waals surface area contributed by atoms with Crippen LogP contribution in [0.25, 0.3) is 0 Å². The first kappa shape index (κ1) is 13.8. The lowest BCUT2D eigenvalue weighted by atomic mass is 10.2.